The van der Waals surface area contributed by atoms with E-state index in [9.17, 15) is 0 Å². The van der Waals surface area contributed by atoms with Crippen molar-refractivity contribution in [3.63, 3.8) is 0 Å². The van der Waals surface area contributed by atoms with E-state index >= 15 is 0 Å². The van der Waals surface area contributed by atoms with Crippen molar-refractivity contribution in [2.24, 2.45) is 0 Å². The van der Waals surface area contributed by atoms with Gasteiger partial charge in [-0.25, -0.2) is 0 Å². The van der Waals surface area contributed by atoms with E-state index in [0.29, 0.717) is 0 Å². The third-order valence-corrected chi connectivity index (χ3v) is 6.82. The van der Waals surface area contributed by atoms with Crippen LogP contribution < -0.4 is 10.6 Å². The van der Waals surface area contributed by atoms with Gasteiger partial charge in [0.05, 0.1) is 0 Å². The highest BCUT2D eigenvalue weighted by Crippen LogP contribution is 2.19. The molecule has 2 N–H and O–H groups in total. The van der Waals surface area contributed by atoms with Crippen LogP contribution in [0.15, 0.2) is 24.3 Å². The number of nitrogens with two attached hydrogens (primary N) is 1. The minimum Gasteiger partial charge on any atom is -0.399 e. The molecule has 0 heterocycles. The molecule has 32 heavy (non-hydrogen) atoms. The summed E-state index contributed by atoms with van der Waals surface area (Å²) in [5, 5.41) is 0. The van der Waals surface area contributed by atoms with Gasteiger partial charge < -0.3 is 10.6 Å². The fourth-order valence-corrected chi connectivity index (χ4v) is 4.64. The summed E-state index contributed by atoms with van der Waals surface area (Å²) in [5.74, 6) is 0. The van der Waals surface area contributed by atoms with Crippen molar-refractivity contribution in [3.05, 3.63) is 24.3 Å². The van der Waals surface area contributed by atoms with Crippen molar-refractivity contribution < 1.29 is 0 Å². The van der Waals surface area contributed by atoms with E-state index in [0.717, 1.165) is 5.69 Å². The molecule has 0 amide bonds. The van der Waals surface area contributed by atoms with Crippen molar-refractivity contribution >= 4 is 11.4 Å². The molecule has 2 heteroatoms. The molecule has 0 unspecified atom stereocenters. The second-order valence-corrected chi connectivity index (χ2v) is 9.94. The molecule has 0 aliphatic heterocycles. The molecule has 0 atom stereocenters. The van der Waals surface area contributed by atoms with E-state index in [2.05, 4.69) is 43.0 Å². The van der Waals surface area contributed by atoms with Gasteiger partial charge in [0.15, 0.2) is 0 Å². The zero-order valence-corrected chi connectivity index (χ0v) is 21.9. The van der Waals surface area contributed by atoms with Gasteiger partial charge in [-0.1, -0.05) is 129 Å². The van der Waals surface area contributed by atoms with E-state index in [1.807, 2.05) is 0 Å². The Kier molecular flexibility index (Phi) is 19.5. The maximum Gasteiger partial charge on any atom is 0.0367 e. The van der Waals surface area contributed by atoms with Gasteiger partial charge in [0.25, 0.3) is 0 Å². The molecule has 0 saturated heterocycles. The molecule has 0 spiro atoms. The SMILES string of the molecule is CCCCCCCCCCCCN(CCCCCCCCCCCC)c1ccc(N)cc1. The molecule has 0 saturated carbocycles. The van der Waals surface area contributed by atoms with Crippen molar-refractivity contribution in [2.45, 2.75) is 142 Å². The predicted octanol–water partition coefficient (Wildman–Crippen LogP) is 9.92. The Balaban J connectivity index is 2.16. The minimum atomic E-state index is 0.867. The standard InChI is InChI=1S/C30H56N2/c1-3-5-7-9-11-13-15-17-19-21-27-32(30-25-23-29(31)24-26-30)28-22-20-18-16-14-12-10-8-6-4-2/h23-26H,3-22,27-28,31H2,1-2H3. The van der Waals surface area contributed by atoms with Gasteiger partial charge >= 0.3 is 0 Å². The molecule has 2 nitrogen and oxygen atoms in total. The lowest BCUT2D eigenvalue weighted by Gasteiger charge is -2.25. The summed E-state index contributed by atoms with van der Waals surface area (Å²) in [7, 11) is 0. The molecule has 186 valence electrons. The fourth-order valence-electron chi connectivity index (χ4n) is 4.64. The van der Waals surface area contributed by atoms with E-state index < -0.39 is 0 Å². The summed E-state index contributed by atoms with van der Waals surface area (Å²) in [6.45, 7) is 6.98. The molecule has 0 fully saturated rings. The number of hydrogen-bond donors (Lipinski definition) is 1. The van der Waals surface area contributed by atoms with E-state index in [1.165, 1.54) is 147 Å². The Labute approximate surface area is 201 Å². The Morgan fingerprint density at radius 1 is 0.469 bits per heavy atom. The fraction of sp³-hybridized carbons (Fsp3) is 0.800. The van der Waals surface area contributed by atoms with Crippen LogP contribution >= 0.6 is 0 Å². The second-order valence-electron chi connectivity index (χ2n) is 9.94. The van der Waals surface area contributed by atoms with Crippen molar-refractivity contribution in [2.75, 3.05) is 23.7 Å². The molecule has 0 bridgehead atoms. The highest BCUT2D eigenvalue weighted by Gasteiger charge is 2.06. The average molecular weight is 445 g/mol. The van der Waals surface area contributed by atoms with Gasteiger partial charge in [-0.15, -0.1) is 0 Å². The van der Waals surface area contributed by atoms with Crippen LogP contribution in [0.1, 0.15) is 142 Å². The lowest BCUT2D eigenvalue weighted by molar-refractivity contribution is 0.543. The molecule has 0 aliphatic rings. The number of nitrogens with zero attached hydrogens (tertiary/aromatic N) is 1. The van der Waals surface area contributed by atoms with Crippen molar-refractivity contribution in [3.8, 4) is 0 Å². The summed E-state index contributed by atoms with van der Waals surface area (Å²) in [4.78, 5) is 2.61. The first kappa shape index (κ1) is 28.9. The van der Waals surface area contributed by atoms with E-state index in [4.69, 9.17) is 5.73 Å². The number of benzene rings is 1. The molecular weight excluding hydrogens is 388 g/mol. The summed E-state index contributed by atoms with van der Waals surface area (Å²) in [6, 6.07) is 8.53. The number of rotatable bonds is 23. The molecule has 0 aromatic heterocycles. The topological polar surface area (TPSA) is 29.3 Å². The van der Waals surface area contributed by atoms with Gasteiger partial charge in [-0.3, -0.25) is 0 Å². The summed E-state index contributed by atoms with van der Waals surface area (Å²) in [5.41, 5.74) is 8.14. The van der Waals surface area contributed by atoms with Crippen LogP contribution in [0.4, 0.5) is 11.4 Å². The van der Waals surface area contributed by atoms with Gasteiger partial charge in [0, 0.05) is 24.5 Å². The molecule has 1 aromatic rings. The van der Waals surface area contributed by atoms with E-state index in [-0.39, 0.29) is 0 Å². The Bertz CT molecular complexity index is 472. The molecule has 0 radical (unpaired) electrons. The molecule has 0 aliphatic carbocycles. The van der Waals surface area contributed by atoms with Gasteiger partial charge in [0.1, 0.15) is 0 Å². The number of nitrogen functional groups attached to an aromatic ring is 1. The third-order valence-electron chi connectivity index (χ3n) is 6.82. The number of anilines is 2. The maximum absolute atomic E-state index is 5.92. The van der Waals surface area contributed by atoms with Crippen LogP contribution in [0.3, 0.4) is 0 Å². The van der Waals surface area contributed by atoms with Crippen LogP contribution in [0.2, 0.25) is 0 Å². The van der Waals surface area contributed by atoms with Crippen LogP contribution in [0.25, 0.3) is 0 Å². The predicted molar refractivity (Wildman–Crippen MR) is 147 cm³/mol. The van der Waals surface area contributed by atoms with Crippen LogP contribution in [-0.4, -0.2) is 13.1 Å². The number of hydrogen-bond acceptors (Lipinski definition) is 2. The monoisotopic (exact) mass is 444 g/mol. The molecule has 1 rings (SSSR count). The van der Waals surface area contributed by atoms with Gasteiger partial charge in [0.2, 0.25) is 0 Å². The summed E-state index contributed by atoms with van der Waals surface area (Å²) < 4.78 is 0. The lowest BCUT2D eigenvalue weighted by atomic mass is 10.1. The minimum absolute atomic E-state index is 0.867. The van der Waals surface area contributed by atoms with Crippen molar-refractivity contribution in [1.82, 2.24) is 0 Å². The van der Waals surface area contributed by atoms with Crippen LogP contribution in [0.5, 0.6) is 0 Å². The zero-order valence-electron chi connectivity index (χ0n) is 21.9. The van der Waals surface area contributed by atoms with Gasteiger partial charge in [-0.05, 0) is 37.1 Å². The van der Waals surface area contributed by atoms with Crippen LogP contribution in [0, 0.1) is 0 Å². The zero-order chi connectivity index (χ0) is 23.1. The quantitative estimate of drug-likeness (QED) is 0.134. The normalized spacial score (nSPS) is 11.2. The Morgan fingerprint density at radius 2 is 0.781 bits per heavy atom. The van der Waals surface area contributed by atoms with E-state index in [1.54, 1.807) is 0 Å². The second kappa shape index (κ2) is 21.7. The lowest BCUT2D eigenvalue weighted by Crippen LogP contribution is -2.25. The Hall–Kier alpha value is -1.18. The summed E-state index contributed by atoms with van der Waals surface area (Å²) >= 11 is 0. The Morgan fingerprint density at radius 3 is 1.12 bits per heavy atom. The first-order chi connectivity index (χ1) is 15.8. The van der Waals surface area contributed by atoms with Crippen molar-refractivity contribution in [1.29, 1.82) is 0 Å². The molecular formula is C30H56N2. The maximum atomic E-state index is 5.92. The van der Waals surface area contributed by atoms with Gasteiger partial charge in [-0.2, -0.15) is 0 Å². The smallest absolute Gasteiger partial charge is 0.0367 e. The first-order valence-corrected chi connectivity index (χ1v) is 14.4. The average Bonchev–Trinajstić information content (AvgIpc) is 2.80. The summed E-state index contributed by atoms with van der Waals surface area (Å²) in [6.07, 6.45) is 28.1. The number of unbranched alkanes of at least 4 members (excludes halogenated alkanes) is 18. The highest BCUT2D eigenvalue weighted by atomic mass is 15.1. The third kappa shape index (κ3) is 16.5. The highest BCUT2D eigenvalue weighted by molar-refractivity contribution is 5.53. The first-order valence-electron chi connectivity index (χ1n) is 14.4. The van der Waals surface area contributed by atoms with Crippen LogP contribution in [-0.2, 0) is 0 Å². The molecule has 1 aromatic carbocycles. The largest absolute Gasteiger partial charge is 0.399 e.